The molecule has 0 spiro atoms. The van der Waals surface area contributed by atoms with Crippen molar-refractivity contribution in [3.05, 3.63) is 40.1 Å². The van der Waals surface area contributed by atoms with Gasteiger partial charge < -0.3 is 15.4 Å². The Bertz CT molecular complexity index is 581. The van der Waals surface area contributed by atoms with Crippen LogP contribution in [0, 0.1) is 0 Å². The molecule has 0 bridgehead atoms. The molecule has 0 fully saturated rings. The van der Waals surface area contributed by atoms with E-state index in [0.717, 1.165) is 17.0 Å². The molecule has 0 saturated carbocycles. The van der Waals surface area contributed by atoms with Crippen LogP contribution in [0.1, 0.15) is 23.1 Å². The Hall–Kier alpha value is -1.70. The van der Waals surface area contributed by atoms with Crippen LogP contribution in [-0.4, -0.2) is 33.6 Å². The van der Waals surface area contributed by atoms with E-state index in [-0.39, 0.29) is 18.5 Å². The highest BCUT2D eigenvalue weighted by Gasteiger charge is 2.25. The molecule has 2 atom stereocenters. The van der Waals surface area contributed by atoms with Crippen LogP contribution in [-0.2, 0) is 17.8 Å². The highest BCUT2D eigenvalue weighted by molar-refractivity contribution is 7.07. The van der Waals surface area contributed by atoms with Crippen molar-refractivity contribution in [2.24, 2.45) is 0 Å². The standard InChI is InChI=1S/C13H16N4O2S/c18-12(8-1-2-20-6-8)5-15-13(19)10-3-9-11(4-14-10)17-7-16-9/h1-2,6-7,10,12,14,18H,3-5H2,(H,15,19)(H,16,17). The van der Waals surface area contributed by atoms with Crippen molar-refractivity contribution in [2.75, 3.05) is 6.54 Å². The maximum atomic E-state index is 12.1. The van der Waals surface area contributed by atoms with Crippen LogP contribution in [0.25, 0.3) is 0 Å². The maximum absolute atomic E-state index is 12.1. The lowest BCUT2D eigenvalue weighted by molar-refractivity contribution is -0.123. The van der Waals surface area contributed by atoms with Crippen molar-refractivity contribution in [1.29, 1.82) is 0 Å². The summed E-state index contributed by atoms with van der Waals surface area (Å²) >= 11 is 1.53. The first kappa shape index (κ1) is 13.3. The lowest BCUT2D eigenvalue weighted by Gasteiger charge is -2.22. The van der Waals surface area contributed by atoms with Crippen LogP contribution in [0.15, 0.2) is 23.2 Å². The Labute approximate surface area is 120 Å². The van der Waals surface area contributed by atoms with E-state index in [1.165, 1.54) is 11.3 Å². The van der Waals surface area contributed by atoms with Crippen molar-refractivity contribution in [2.45, 2.75) is 25.1 Å². The van der Waals surface area contributed by atoms with Crippen LogP contribution in [0.4, 0.5) is 0 Å². The van der Waals surface area contributed by atoms with E-state index in [1.807, 2.05) is 16.8 Å². The molecule has 0 aliphatic carbocycles. The molecule has 2 aromatic heterocycles. The minimum atomic E-state index is -0.658. The summed E-state index contributed by atoms with van der Waals surface area (Å²) in [5.74, 6) is -0.104. The molecular weight excluding hydrogens is 276 g/mol. The van der Waals surface area contributed by atoms with Crippen molar-refractivity contribution >= 4 is 17.2 Å². The quantitative estimate of drug-likeness (QED) is 0.654. The van der Waals surface area contributed by atoms with Crippen molar-refractivity contribution < 1.29 is 9.90 Å². The van der Waals surface area contributed by atoms with Gasteiger partial charge in [-0.15, -0.1) is 0 Å². The molecule has 1 aliphatic rings. The van der Waals surface area contributed by atoms with E-state index in [4.69, 9.17) is 0 Å². The number of rotatable bonds is 4. The normalized spacial score (nSPS) is 19.4. The summed E-state index contributed by atoms with van der Waals surface area (Å²) in [5.41, 5.74) is 2.80. The smallest absolute Gasteiger partial charge is 0.237 e. The number of aromatic amines is 1. The van der Waals surface area contributed by atoms with Gasteiger partial charge in [-0.05, 0) is 22.4 Å². The molecule has 3 rings (SSSR count). The minimum absolute atomic E-state index is 0.104. The number of carbonyl (C=O) groups excluding carboxylic acids is 1. The van der Waals surface area contributed by atoms with E-state index in [1.54, 1.807) is 6.33 Å². The molecule has 2 unspecified atom stereocenters. The van der Waals surface area contributed by atoms with Gasteiger partial charge in [0.1, 0.15) is 0 Å². The van der Waals surface area contributed by atoms with Gasteiger partial charge in [-0.3, -0.25) is 10.1 Å². The number of aliphatic hydroxyl groups is 1. The van der Waals surface area contributed by atoms with Crippen molar-refractivity contribution in [1.82, 2.24) is 20.6 Å². The molecule has 0 radical (unpaired) electrons. The number of carbonyl (C=O) groups is 1. The number of imidazole rings is 1. The van der Waals surface area contributed by atoms with Crippen molar-refractivity contribution in [3.63, 3.8) is 0 Å². The second-order valence-electron chi connectivity index (χ2n) is 4.78. The topological polar surface area (TPSA) is 90.0 Å². The predicted molar refractivity (Wildman–Crippen MR) is 75.2 cm³/mol. The minimum Gasteiger partial charge on any atom is -0.387 e. The predicted octanol–water partition coefficient (Wildman–Crippen LogP) is 0.335. The summed E-state index contributed by atoms with van der Waals surface area (Å²) in [6.07, 6.45) is 1.56. The highest BCUT2D eigenvalue weighted by atomic mass is 32.1. The lowest BCUT2D eigenvalue weighted by Crippen LogP contribution is -2.48. The Morgan fingerprint density at radius 2 is 2.55 bits per heavy atom. The number of hydrogen-bond acceptors (Lipinski definition) is 5. The zero-order chi connectivity index (χ0) is 13.9. The fourth-order valence-electron chi connectivity index (χ4n) is 2.26. The summed E-state index contributed by atoms with van der Waals surface area (Å²) in [6.45, 7) is 0.835. The van der Waals surface area contributed by atoms with E-state index >= 15 is 0 Å². The lowest BCUT2D eigenvalue weighted by atomic mass is 10.0. The summed E-state index contributed by atoms with van der Waals surface area (Å²) < 4.78 is 0. The molecule has 2 aromatic rings. The van der Waals surface area contributed by atoms with Gasteiger partial charge in [-0.25, -0.2) is 4.98 Å². The van der Waals surface area contributed by atoms with Crippen LogP contribution in [0.5, 0.6) is 0 Å². The van der Waals surface area contributed by atoms with E-state index in [2.05, 4.69) is 20.6 Å². The third-order valence-corrected chi connectivity index (χ3v) is 4.15. The third-order valence-electron chi connectivity index (χ3n) is 3.44. The molecular formula is C13H16N4O2S. The largest absolute Gasteiger partial charge is 0.387 e. The number of fused-ring (bicyclic) bond motifs is 1. The molecule has 106 valence electrons. The molecule has 7 heteroatoms. The van der Waals surface area contributed by atoms with Crippen molar-refractivity contribution in [3.8, 4) is 0 Å². The van der Waals surface area contributed by atoms with E-state index in [0.29, 0.717) is 13.0 Å². The average Bonchev–Trinajstić information content (AvgIpc) is 3.13. The zero-order valence-corrected chi connectivity index (χ0v) is 11.6. The SMILES string of the molecule is O=C(NCC(O)c1ccsc1)C1Cc2nc[nH]c2CN1. The van der Waals surface area contributed by atoms with Gasteiger partial charge in [0.05, 0.1) is 29.9 Å². The number of H-pyrrole nitrogens is 1. The van der Waals surface area contributed by atoms with Crippen LogP contribution >= 0.6 is 11.3 Å². The summed E-state index contributed by atoms with van der Waals surface area (Å²) in [4.78, 5) is 19.3. The number of amides is 1. The Kier molecular flexibility index (Phi) is 3.81. The van der Waals surface area contributed by atoms with Gasteiger partial charge >= 0.3 is 0 Å². The molecule has 0 saturated heterocycles. The first-order valence-electron chi connectivity index (χ1n) is 6.46. The first-order valence-corrected chi connectivity index (χ1v) is 7.40. The number of aromatic nitrogens is 2. The van der Waals surface area contributed by atoms with Gasteiger partial charge in [0.25, 0.3) is 0 Å². The maximum Gasteiger partial charge on any atom is 0.237 e. The molecule has 6 nitrogen and oxygen atoms in total. The monoisotopic (exact) mass is 292 g/mol. The van der Waals surface area contributed by atoms with Crippen LogP contribution in [0.3, 0.4) is 0 Å². The summed E-state index contributed by atoms with van der Waals surface area (Å²) in [5, 5.41) is 19.7. The van der Waals surface area contributed by atoms with Gasteiger partial charge in [0, 0.05) is 19.5 Å². The summed E-state index contributed by atoms with van der Waals surface area (Å²) in [6, 6.07) is 1.57. The van der Waals surface area contributed by atoms with Gasteiger partial charge in [-0.1, -0.05) is 0 Å². The highest BCUT2D eigenvalue weighted by Crippen LogP contribution is 2.16. The fourth-order valence-corrected chi connectivity index (χ4v) is 2.96. The van der Waals surface area contributed by atoms with Gasteiger partial charge in [0.2, 0.25) is 5.91 Å². The number of nitrogens with one attached hydrogen (secondary N) is 3. The number of nitrogens with zero attached hydrogens (tertiary/aromatic N) is 1. The molecule has 0 aromatic carbocycles. The Morgan fingerprint density at radius 3 is 3.35 bits per heavy atom. The Balaban J connectivity index is 1.53. The number of aliphatic hydroxyl groups excluding tert-OH is 1. The van der Waals surface area contributed by atoms with E-state index < -0.39 is 6.10 Å². The second-order valence-corrected chi connectivity index (χ2v) is 5.56. The van der Waals surface area contributed by atoms with Crippen LogP contribution in [0.2, 0.25) is 0 Å². The fraction of sp³-hybridized carbons (Fsp3) is 0.385. The molecule has 1 amide bonds. The van der Waals surface area contributed by atoms with E-state index in [9.17, 15) is 9.90 Å². The number of hydrogen-bond donors (Lipinski definition) is 4. The molecule has 4 N–H and O–H groups in total. The third kappa shape index (κ3) is 2.74. The van der Waals surface area contributed by atoms with Crippen LogP contribution < -0.4 is 10.6 Å². The molecule has 20 heavy (non-hydrogen) atoms. The summed E-state index contributed by atoms with van der Waals surface area (Å²) in [7, 11) is 0. The molecule has 3 heterocycles. The number of thiophene rings is 1. The Morgan fingerprint density at radius 1 is 1.65 bits per heavy atom. The van der Waals surface area contributed by atoms with Gasteiger partial charge in [-0.2, -0.15) is 11.3 Å². The zero-order valence-electron chi connectivity index (χ0n) is 10.8. The van der Waals surface area contributed by atoms with Gasteiger partial charge in [0.15, 0.2) is 0 Å². The molecule has 1 aliphatic heterocycles. The second kappa shape index (κ2) is 5.74. The average molecular weight is 292 g/mol. The first-order chi connectivity index (χ1) is 9.74.